The lowest BCUT2D eigenvalue weighted by molar-refractivity contribution is 0.00615. The summed E-state index contributed by atoms with van der Waals surface area (Å²) >= 11 is 3.42. The smallest absolute Gasteiger partial charge is 0.410 e. The number of amides is 2. The van der Waals surface area contributed by atoms with Crippen LogP contribution in [0.15, 0.2) is 22.7 Å². The van der Waals surface area contributed by atoms with Crippen LogP contribution in [0.2, 0.25) is 0 Å². The predicted molar refractivity (Wildman–Crippen MR) is 97.2 cm³/mol. The Labute approximate surface area is 152 Å². The lowest BCUT2D eigenvalue weighted by Crippen LogP contribution is -2.56. The molecule has 2 amide bonds. The summed E-state index contributed by atoms with van der Waals surface area (Å²) in [6.45, 7) is 10.9. The first-order valence-corrected chi connectivity index (χ1v) is 8.93. The molecule has 6 heteroatoms. The molecule has 24 heavy (non-hydrogen) atoms. The zero-order valence-electron chi connectivity index (χ0n) is 14.9. The van der Waals surface area contributed by atoms with Crippen molar-refractivity contribution in [3.63, 3.8) is 0 Å². The van der Waals surface area contributed by atoms with E-state index in [4.69, 9.17) is 4.74 Å². The van der Waals surface area contributed by atoms with Crippen LogP contribution in [0.1, 0.15) is 43.6 Å². The lowest BCUT2D eigenvalue weighted by atomic mass is 10.1. The summed E-state index contributed by atoms with van der Waals surface area (Å²) in [4.78, 5) is 28.6. The molecule has 1 aliphatic heterocycles. The molecule has 2 rings (SSSR count). The second-order valence-corrected chi connectivity index (χ2v) is 8.15. The van der Waals surface area contributed by atoms with Crippen molar-refractivity contribution in [3.8, 4) is 0 Å². The number of ether oxygens (including phenoxy) is 1. The van der Waals surface area contributed by atoms with Gasteiger partial charge in [-0.3, -0.25) is 4.79 Å². The topological polar surface area (TPSA) is 49.9 Å². The highest BCUT2D eigenvalue weighted by Gasteiger charge is 2.32. The zero-order valence-corrected chi connectivity index (χ0v) is 16.5. The van der Waals surface area contributed by atoms with E-state index >= 15 is 0 Å². The third-order valence-corrected chi connectivity index (χ3v) is 4.46. The van der Waals surface area contributed by atoms with Crippen LogP contribution in [0.3, 0.4) is 0 Å². The Morgan fingerprint density at radius 3 is 2.50 bits per heavy atom. The van der Waals surface area contributed by atoms with Crippen LogP contribution >= 0.6 is 15.9 Å². The van der Waals surface area contributed by atoms with Gasteiger partial charge < -0.3 is 14.5 Å². The third-order valence-electron chi connectivity index (χ3n) is 3.97. The molecule has 0 bridgehead atoms. The van der Waals surface area contributed by atoms with Crippen LogP contribution in [0.25, 0.3) is 0 Å². The van der Waals surface area contributed by atoms with Gasteiger partial charge >= 0.3 is 6.09 Å². The lowest BCUT2D eigenvalue weighted by Gasteiger charge is -2.40. The minimum absolute atomic E-state index is 0.00476. The molecule has 1 aromatic carbocycles. The Balaban J connectivity index is 2.07. The monoisotopic (exact) mass is 396 g/mol. The van der Waals surface area contributed by atoms with Gasteiger partial charge in [0.2, 0.25) is 0 Å². The number of nitrogens with zero attached hydrogens (tertiary/aromatic N) is 2. The third kappa shape index (κ3) is 4.50. The van der Waals surface area contributed by atoms with Gasteiger partial charge in [0.05, 0.1) is 0 Å². The van der Waals surface area contributed by atoms with Crippen molar-refractivity contribution in [3.05, 3.63) is 33.8 Å². The summed E-state index contributed by atoms with van der Waals surface area (Å²) in [5.41, 5.74) is 1.13. The minimum atomic E-state index is -0.513. The maximum absolute atomic E-state index is 12.9. The highest BCUT2D eigenvalue weighted by atomic mass is 79.9. The maximum atomic E-state index is 12.9. The summed E-state index contributed by atoms with van der Waals surface area (Å²) in [6.07, 6.45) is -0.319. The van der Waals surface area contributed by atoms with Crippen molar-refractivity contribution in [2.75, 3.05) is 19.6 Å². The van der Waals surface area contributed by atoms with Crippen LogP contribution in [-0.4, -0.2) is 53.1 Å². The summed E-state index contributed by atoms with van der Waals surface area (Å²) < 4.78 is 6.30. The molecule has 0 unspecified atom stereocenters. The second-order valence-electron chi connectivity index (χ2n) is 7.23. The van der Waals surface area contributed by atoms with Gasteiger partial charge in [0.1, 0.15) is 5.60 Å². The second kappa shape index (κ2) is 7.13. The average Bonchev–Trinajstić information content (AvgIpc) is 2.47. The maximum Gasteiger partial charge on any atom is 0.410 e. The first kappa shape index (κ1) is 18.8. The summed E-state index contributed by atoms with van der Waals surface area (Å²) in [5.74, 6) is 0.00476. The quantitative estimate of drug-likeness (QED) is 0.724. The van der Waals surface area contributed by atoms with E-state index in [0.717, 1.165) is 10.0 Å². The van der Waals surface area contributed by atoms with E-state index in [-0.39, 0.29) is 18.0 Å². The van der Waals surface area contributed by atoms with Crippen molar-refractivity contribution in [2.45, 2.75) is 46.3 Å². The summed E-state index contributed by atoms with van der Waals surface area (Å²) in [7, 11) is 0. The fourth-order valence-electron chi connectivity index (χ4n) is 2.73. The standard InChI is InChI=1S/C18H25BrN2O3/c1-12-6-7-14(19)10-15(12)16(22)21-9-8-20(11-13(21)2)17(23)24-18(3,4)5/h6-7,10,13H,8-9,11H2,1-5H3/t13-/m1/s1. The van der Waals surface area contributed by atoms with Crippen LogP contribution in [0.5, 0.6) is 0 Å². The van der Waals surface area contributed by atoms with Gasteiger partial charge in [0.15, 0.2) is 0 Å². The van der Waals surface area contributed by atoms with E-state index in [1.807, 2.05) is 57.7 Å². The molecule has 1 saturated heterocycles. The van der Waals surface area contributed by atoms with Crippen LogP contribution in [0.4, 0.5) is 4.79 Å². The van der Waals surface area contributed by atoms with Crippen molar-refractivity contribution < 1.29 is 14.3 Å². The molecular weight excluding hydrogens is 372 g/mol. The van der Waals surface area contributed by atoms with Crippen molar-refractivity contribution >= 4 is 27.9 Å². The Hall–Kier alpha value is -1.56. The van der Waals surface area contributed by atoms with Gasteiger partial charge in [-0.15, -0.1) is 0 Å². The minimum Gasteiger partial charge on any atom is -0.444 e. The highest BCUT2D eigenvalue weighted by molar-refractivity contribution is 9.10. The Kier molecular flexibility index (Phi) is 5.58. The van der Waals surface area contributed by atoms with Gasteiger partial charge in [0, 0.05) is 35.7 Å². The van der Waals surface area contributed by atoms with Crippen LogP contribution in [-0.2, 0) is 4.74 Å². The number of carbonyl (C=O) groups excluding carboxylic acids is 2. The van der Waals surface area contributed by atoms with Crippen LogP contribution in [0, 0.1) is 6.92 Å². The zero-order chi connectivity index (χ0) is 18.1. The molecule has 1 fully saturated rings. The highest BCUT2D eigenvalue weighted by Crippen LogP contribution is 2.21. The Morgan fingerprint density at radius 2 is 1.92 bits per heavy atom. The van der Waals surface area contributed by atoms with E-state index in [1.165, 1.54) is 0 Å². The first-order chi connectivity index (χ1) is 11.1. The average molecular weight is 397 g/mol. The van der Waals surface area contributed by atoms with E-state index < -0.39 is 5.60 Å². The fourth-order valence-corrected chi connectivity index (χ4v) is 3.09. The molecule has 0 aliphatic carbocycles. The SMILES string of the molecule is Cc1ccc(Br)cc1C(=O)N1CCN(C(=O)OC(C)(C)C)C[C@H]1C. The van der Waals surface area contributed by atoms with Crippen molar-refractivity contribution in [1.82, 2.24) is 9.80 Å². The normalized spacial score (nSPS) is 18.5. The Morgan fingerprint density at radius 1 is 1.25 bits per heavy atom. The van der Waals surface area contributed by atoms with Gasteiger partial charge in [-0.1, -0.05) is 22.0 Å². The largest absolute Gasteiger partial charge is 0.444 e. The molecule has 0 radical (unpaired) electrons. The molecular formula is C18H25BrN2O3. The fraction of sp³-hybridized carbons (Fsp3) is 0.556. The van der Waals surface area contributed by atoms with Gasteiger partial charge in [-0.2, -0.15) is 0 Å². The van der Waals surface area contributed by atoms with Gasteiger partial charge in [-0.05, 0) is 52.3 Å². The van der Waals surface area contributed by atoms with Crippen LogP contribution < -0.4 is 0 Å². The van der Waals surface area contributed by atoms with Gasteiger partial charge in [0.25, 0.3) is 5.91 Å². The number of benzene rings is 1. The Bertz CT molecular complexity index is 640. The molecule has 1 atom stereocenters. The number of carbonyl (C=O) groups is 2. The van der Waals surface area contributed by atoms with Gasteiger partial charge in [-0.25, -0.2) is 4.79 Å². The number of hydrogen-bond donors (Lipinski definition) is 0. The number of hydrogen-bond acceptors (Lipinski definition) is 3. The molecule has 1 heterocycles. The molecule has 1 aliphatic rings. The van der Waals surface area contributed by atoms with Crippen molar-refractivity contribution in [1.29, 1.82) is 0 Å². The van der Waals surface area contributed by atoms with E-state index in [9.17, 15) is 9.59 Å². The summed E-state index contributed by atoms with van der Waals surface area (Å²) in [6, 6.07) is 5.65. The number of halogens is 1. The molecule has 0 aromatic heterocycles. The van der Waals surface area contributed by atoms with E-state index in [1.54, 1.807) is 4.90 Å². The number of aryl methyl sites for hydroxylation is 1. The molecule has 0 saturated carbocycles. The van der Waals surface area contributed by atoms with E-state index in [0.29, 0.717) is 25.2 Å². The number of piperazine rings is 1. The molecule has 132 valence electrons. The van der Waals surface area contributed by atoms with E-state index in [2.05, 4.69) is 15.9 Å². The molecule has 5 nitrogen and oxygen atoms in total. The molecule has 0 N–H and O–H groups in total. The predicted octanol–water partition coefficient (Wildman–Crippen LogP) is 3.84. The first-order valence-electron chi connectivity index (χ1n) is 8.13. The van der Waals surface area contributed by atoms with Crippen molar-refractivity contribution in [2.24, 2.45) is 0 Å². The number of rotatable bonds is 1. The molecule has 0 spiro atoms. The molecule has 1 aromatic rings. The summed E-state index contributed by atoms with van der Waals surface area (Å²) in [5, 5.41) is 0.